The van der Waals surface area contributed by atoms with Crippen LogP contribution in [0, 0.1) is 0 Å². The molecule has 0 aliphatic heterocycles. The van der Waals surface area contributed by atoms with Gasteiger partial charge >= 0.3 is 0 Å². The summed E-state index contributed by atoms with van der Waals surface area (Å²) in [4.78, 5) is 3.80. The molecule has 0 aliphatic rings. The molecule has 2 aromatic rings. The SMILES string of the molecule is Nc1cccc(CS(=O)(=O)NCCc2ncon2)c1. The zero-order chi connectivity index (χ0) is 13.7. The van der Waals surface area contributed by atoms with Gasteiger partial charge in [0.05, 0.1) is 5.75 Å². The fraction of sp³-hybridized carbons (Fsp3) is 0.273. The van der Waals surface area contributed by atoms with Crippen molar-refractivity contribution in [2.45, 2.75) is 12.2 Å². The van der Waals surface area contributed by atoms with E-state index in [1.165, 1.54) is 6.39 Å². The van der Waals surface area contributed by atoms with Crippen molar-refractivity contribution in [3.63, 3.8) is 0 Å². The van der Waals surface area contributed by atoms with Crippen molar-refractivity contribution in [3.05, 3.63) is 42.0 Å². The molecule has 0 atom stereocenters. The molecule has 0 radical (unpaired) electrons. The molecule has 1 aromatic heterocycles. The molecule has 3 N–H and O–H groups in total. The molecule has 0 spiro atoms. The van der Waals surface area contributed by atoms with Crippen molar-refractivity contribution in [2.24, 2.45) is 0 Å². The van der Waals surface area contributed by atoms with Crippen LogP contribution in [-0.2, 0) is 22.2 Å². The number of hydrogen-bond donors (Lipinski definition) is 2. The van der Waals surface area contributed by atoms with Gasteiger partial charge in [-0.3, -0.25) is 0 Å². The fourth-order valence-corrected chi connectivity index (χ4v) is 2.71. The van der Waals surface area contributed by atoms with Gasteiger partial charge in [-0.25, -0.2) is 13.1 Å². The predicted octanol–water partition coefficient (Wildman–Crippen LogP) is 0.314. The second kappa shape index (κ2) is 5.81. The molecule has 102 valence electrons. The standard InChI is InChI=1S/C11H14N4O3S/c12-10-3-1-2-9(6-10)7-19(16,17)14-5-4-11-13-8-18-15-11/h1-3,6,8,14H,4-5,7,12H2. The van der Waals surface area contributed by atoms with Gasteiger partial charge in [0.25, 0.3) is 0 Å². The summed E-state index contributed by atoms with van der Waals surface area (Å²) in [6, 6.07) is 6.78. The van der Waals surface area contributed by atoms with Crippen LogP contribution in [0.4, 0.5) is 5.69 Å². The number of rotatable bonds is 6. The summed E-state index contributed by atoms with van der Waals surface area (Å²) in [5.74, 6) is 0.358. The Balaban J connectivity index is 1.88. The van der Waals surface area contributed by atoms with E-state index in [2.05, 4.69) is 19.4 Å². The monoisotopic (exact) mass is 282 g/mol. The second-order valence-electron chi connectivity index (χ2n) is 4.00. The first-order valence-corrected chi connectivity index (χ1v) is 7.27. The molecule has 0 aliphatic carbocycles. The number of nitrogens with two attached hydrogens (primary N) is 1. The third-order valence-corrected chi connectivity index (χ3v) is 3.74. The van der Waals surface area contributed by atoms with Crippen LogP contribution >= 0.6 is 0 Å². The molecule has 0 bridgehead atoms. The van der Waals surface area contributed by atoms with Crippen LogP contribution in [0.1, 0.15) is 11.4 Å². The molecule has 1 heterocycles. The molecule has 2 rings (SSSR count). The minimum Gasteiger partial charge on any atom is -0.399 e. The zero-order valence-electron chi connectivity index (χ0n) is 10.1. The maximum Gasteiger partial charge on any atom is 0.215 e. The van der Waals surface area contributed by atoms with Crippen molar-refractivity contribution in [2.75, 3.05) is 12.3 Å². The van der Waals surface area contributed by atoms with Gasteiger partial charge in [0.15, 0.2) is 5.82 Å². The number of sulfonamides is 1. The Hall–Kier alpha value is -1.93. The number of aromatic nitrogens is 2. The largest absolute Gasteiger partial charge is 0.399 e. The van der Waals surface area contributed by atoms with Crippen LogP contribution in [0.15, 0.2) is 35.2 Å². The molecular weight excluding hydrogens is 268 g/mol. The summed E-state index contributed by atoms with van der Waals surface area (Å²) in [7, 11) is -3.40. The van der Waals surface area contributed by atoms with E-state index in [1.807, 2.05) is 0 Å². The number of hydrogen-bond acceptors (Lipinski definition) is 6. The Kier molecular flexibility index (Phi) is 4.13. The van der Waals surface area contributed by atoms with Crippen LogP contribution in [0.2, 0.25) is 0 Å². The van der Waals surface area contributed by atoms with Gasteiger partial charge in [0.2, 0.25) is 16.4 Å². The highest BCUT2D eigenvalue weighted by molar-refractivity contribution is 7.88. The van der Waals surface area contributed by atoms with E-state index >= 15 is 0 Å². The molecule has 0 fully saturated rings. The lowest BCUT2D eigenvalue weighted by molar-refractivity contribution is 0.410. The first-order valence-electron chi connectivity index (χ1n) is 5.62. The van der Waals surface area contributed by atoms with Gasteiger partial charge in [-0.15, -0.1) is 0 Å². The van der Waals surface area contributed by atoms with Gasteiger partial charge < -0.3 is 10.3 Å². The topological polar surface area (TPSA) is 111 Å². The van der Waals surface area contributed by atoms with Crippen LogP contribution in [-0.4, -0.2) is 25.1 Å². The minimum absolute atomic E-state index is 0.107. The first kappa shape index (κ1) is 13.5. The van der Waals surface area contributed by atoms with E-state index in [0.29, 0.717) is 23.5 Å². The van der Waals surface area contributed by atoms with Crippen molar-refractivity contribution in [1.82, 2.24) is 14.9 Å². The summed E-state index contributed by atoms with van der Waals surface area (Å²) in [6.07, 6.45) is 1.59. The highest BCUT2D eigenvalue weighted by Gasteiger charge is 2.11. The maximum atomic E-state index is 11.8. The number of anilines is 1. The summed E-state index contributed by atoms with van der Waals surface area (Å²) >= 11 is 0. The van der Waals surface area contributed by atoms with E-state index in [4.69, 9.17) is 5.73 Å². The average Bonchev–Trinajstić information content (AvgIpc) is 2.81. The van der Waals surface area contributed by atoms with Crippen molar-refractivity contribution < 1.29 is 12.9 Å². The lowest BCUT2D eigenvalue weighted by atomic mass is 10.2. The van der Waals surface area contributed by atoms with E-state index < -0.39 is 10.0 Å². The number of nitrogens with one attached hydrogen (secondary N) is 1. The molecule has 19 heavy (non-hydrogen) atoms. The fourth-order valence-electron chi connectivity index (χ4n) is 1.57. The Morgan fingerprint density at radius 2 is 2.21 bits per heavy atom. The summed E-state index contributed by atoms with van der Waals surface area (Å²) < 4.78 is 30.7. The third-order valence-electron chi connectivity index (χ3n) is 2.39. The van der Waals surface area contributed by atoms with Crippen LogP contribution in [0.3, 0.4) is 0 Å². The van der Waals surface area contributed by atoms with Gasteiger partial charge in [-0.05, 0) is 17.7 Å². The summed E-state index contributed by atoms with van der Waals surface area (Å²) in [5.41, 5.74) is 6.79. The zero-order valence-corrected chi connectivity index (χ0v) is 10.9. The minimum atomic E-state index is -3.40. The average molecular weight is 282 g/mol. The lowest BCUT2D eigenvalue weighted by Gasteiger charge is -2.06. The molecule has 0 amide bonds. The molecular formula is C11H14N4O3S. The van der Waals surface area contributed by atoms with E-state index in [9.17, 15) is 8.42 Å². The van der Waals surface area contributed by atoms with Gasteiger partial charge in [-0.1, -0.05) is 17.3 Å². The smallest absolute Gasteiger partial charge is 0.215 e. The second-order valence-corrected chi connectivity index (χ2v) is 5.80. The highest BCUT2D eigenvalue weighted by atomic mass is 32.2. The van der Waals surface area contributed by atoms with E-state index in [0.717, 1.165) is 0 Å². The van der Waals surface area contributed by atoms with Crippen molar-refractivity contribution in [1.29, 1.82) is 0 Å². The summed E-state index contributed by atoms with van der Waals surface area (Å²) in [5, 5.41) is 3.59. The molecule has 0 saturated heterocycles. The highest BCUT2D eigenvalue weighted by Crippen LogP contribution is 2.09. The predicted molar refractivity (Wildman–Crippen MR) is 69.5 cm³/mol. The van der Waals surface area contributed by atoms with Crippen LogP contribution in [0.5, 0.6) is 0 Å². The first-order chi connectivity index (χ1) is 9.05. The van der Waals surface area contributed by atoms with E-state index in [1.54, 1.807) is 24.3 Å². The Morgan fingerprint density at radius 1 is 1.37 bits per heavy atom. The normalized spacial score (nSPS) is 11.6. The number of nitrogens with zero attached hydrogens (tertiary/aromatic N) is 2. The van der Waals surface area contributed by atoms with Gasteiger partial charge in [0, 0.05) is 18.7 Å². The quantitative estimate of drug-likeness (QED) is 0.738. The molecule has 0 saturated carbocycles. The van der Waals surface area contributed by atoms with Crippen molar-refractivity contribution in [3.8, 4) is 0 Å². The molecule has 7 nitrogen and oxygen atoms in total. The summed E-state index contributed by atoms with van der Waals surface area (Å²) in [6.45, 7) is 0.226. The van der Waals surface area contributed by atoms with E-state index in [-0.39, 0.29) is 12.3 Å². The van der Waals surface area contributed by atoms with Crippen molar-refractivity contribution >= 4 is 15.7 Å². The van der Waals surface area contributed by atoms with Gasteiger partial charge in [0.1, 0.15) is 0 Å². The lowest BCUT2D eigenvalue weighted by Crippen LogP contribution is -2.27. The molecule has 8 heteroatoms. The van der Waals surface area contributed by atoms with Crippen LogP contribution in [0.25, 0.3) is 0 Å². The van der Waals surface area contributed by atoms with Crippen LogP contribution < -0.4 is 10.5 Å². The molecule has 0 unspecified atom stereocenters. The third kappa shape index (κ3) is 4.34. The Bertz CT molecular complexity index is 625. The van der Waals surface area contributed by atoms with Gasteiger partial charge in [-0.2, -0.15) is 4.98 Å². The Labute approximate surface area is 110 Å². The molecule has 1 aromatic carbocycles. The number of nitrogen functional groups attached to an aromatic ring is 1. The Morgan fingerprint density at radius 3 is 2.89 bits per heavy atom. The number of benzene rings is 1. The maximum absolute atomic E-state index is 11.8.